The lowest BCUT2D eigenvalue weighted by atomic mass is 10.0. The summed E-state index contributed by atoms with van der Waals surface area (Å²) < 4.78 is 14.1. The molecule has 1 fully saturated rings. The Hall–Kier alpha value is -1.62. The Morgan fingerprint density at radius 2 is 2.37 bits per heavy atom. The molecule has 0 saturated carbocycles. The first kappa shape index (κ1) is 13.8. The van der Waals surface area contributed by atoms with Crippen molar-refractivity contribution >= 4 is 11.6 Å². The van der Waals surface area contributed by atoms with E-state index in [1.54, 1.807) is 12.1 Å². The Morgan fingerprint density at radius 3 is 2.89 bits per heavy atom. The summed E-state index contributed by atoms with van der Waals surface area (Å²) in [5.41, 5.74) is 5.91. The predicted molar refractivity (Wildman–Crippen MR) is 73.8 cm³/mol. The quantitative estimate of drug-likeness (QED) is 0.867. The highest BCUT2D eigenvalue weighted by atomic mass is 19.1. The molecule has 0 spiro atoms. The molecule has 1 unspecified atom stereocenters. The molecule has 1 amide bonds. The third-order valence-corrected chi connectivity index (χ3v) is 3.59. The van der Waals surface area contributed by atoms with Crippen LogP contribution in [0.25, 0.3) is 0 Å². The molecule has 1 aliphatic rings. The van der Waals surface area contributed by atoms with Crippen molar-refractivity contribution in [2.75, 3.05) is 24.5 Å². The Bertz CT molecular complexity index is 458. The number of carbonyl (C=O) groups excluding carboxylic acids is 1. The van der Waals surface area contributed by atoms with Crippen LogP contribution in [-0.4, -0.2) is 31.6 Å². The molecule has 1 heterocycles. The number of nitrogens with zero attached hydrogens (tertiary/aromatic N) is 1. The first-order chi connectivity index (χ1) is 9.13. The van der Waals surface area contributed by atoms with E-state index in [1.165, 1.54) is 6.07 Å². The average molecular weight is 265 g/mol. The molecule has 0 radical (unpaired) electrons. The van der Waals surface area contributed by atoms with E-state index in [9.17, 15) is 9.18 Å². The fourth-order valence-electron chi connectivity index (χ4n) is 2.62. The Labute approximate surface area is 112 Å². The number of halogens is 1. The van der Waals surface area contributed by atoms with Crippen molar-refractivity contribution in [3.63, 3.8) is 0 Å². The van der Waals surface area contributed by atoms with Gasteiger partial charge in [-0.2, -0.15) is 0 Å². The van der Waals surface area contributed by atoms with Crippen molar-refractivity contribution in [2.24, 2.45) is 5.73 Å². The lowest BCUT2D eigenvalue weighted by Gasteiger charge is -2.35. The molecular formula is C14H20FN3O. The van der Waals surface area contributed by atoms with Crippen LogP contribution in [0.2, 0.25) is 0 Å². The third-order valence-electron chi connectivity index (χ3n) is 3.59. The van der Waals surface area contributed by atoms with E-state index in [-0.39, 0.29) is 11.4 Å². The van der Waals surface area contributed by atoms with E-state index in [1.807, 2.05) is 11.8 Å². The van der Waals surface area contributed by atoms with E-state index >= 15 is 0 Å². The summed E-state index contributed by atoms with van der Waals surface area (Å²) in [4.78, 5) is 13.1. The van der Waals surface area contributed by atoms with Crippen molar-refractivity contribution in [1.82, 2.24) is 5.32 Å². The molecular weight excluding hydrogens is 245 g/mol. The third kappa shape index (κ3) is 3.04. The normalized spacial score (nSPS) is 19.2. The number of piperidine rings is 1. The minimum absolute atomic E-state index is 0.207. The van der Waals surface area contributed by atoms with Gasteiger partial charge in [0.25, 0.3) is 0 Å². The van der Waals surface area contributed by atoms with E-state index in [0.717, 1.165) is 32.5 Å². The lowest BCUT2D eigenvalue weighted by Crippen LogP contribution is -2.46. The van der Waals surface area contributed by atoms with Gasteiger partial charge in [0.05, 0.1) is 5.69 Å². The number of anilines is 1. The fourth-order valence-corrected chi connectivity index (χ4v) is 2.62. The number of nitrogens with two attached hydrogens (primary N) is 1. The summed E-state index contributed by atoms with van der Waals surface area (Å²) in [6.07, 6.45) is 2.15. The van der Waals surface area contributed by atoms with Crippen LogP contribution in [0.15, 0.2) is 18.2 Å². The molecule has 3 N–H and O–H groups in total. The molecule has 0 bridgehead atoms. The number of nitrogens with one attached hydrogen (secondary N) is 1. The molecule has 1 atom stereocenters. The van der Waals surface area contributed by atoms with Gasteiger partial charge in [0.2, 0.25) is 5.91 Å². The smallest absolute Gasteiger partial charge is 0.248 e. The zero-order valence-electron chi connectivity index (χ0n) is 11.2. The maximum Gasteiger partial charge on any atom is 0.248 e. The second-order valence-corrected chi connectivity index (χ2v) is 4.82. The summed E-state index contributed by atoms with van der Waals surface area (Å²) in [6.45, 7) is 4.64. The number of primary amides is 1. The SMILES string of the molecule is CCN(c1ccc(C(N)=O)cc1F)C1CCCNC1. The van der Waals surface area contributed by atoms with Crippen molar-refractivity contribution < 1.29 is 9.18 Å². The number of benzene rings is 1. The standard InChI is InChI=1S/C14H20FN3O/c1-2-18(11-4-3-7-17-9-11)13-6-5-10(14(16)19)8-12(13)15/h5-6,8,11,17H,2-4,7,9H2,1H3,(H2,16,19). The molecule has 104 valence electrons. The monoisotopic (exact) mass is 265 g/mol. The molecule has 0 aromatic heterocycles. The van der Waals surface area contributed by atoms with Crippen molar-refractivity contribution in [1.29, 1.82) is 0 Å². The van der Waals surface area contributed by atoms with Crippen LogP contribution in [-0.2, 0) is 0 Å². The number of likely N-dealkylation sites (N-methyl/N-ethyl adjacent to an activating group) is 1. The van der Waals surface area contributed by atoms with E-state index in [0.29, 0.717) is 11.7 Å². The van der Waals surface area contributed by atoms with Gasteiger partial charge in [-0.25, -0.2) is 4.39 Å². The molecule has 1 aromatic rings. The Morgan fingerprint density at radius 1 is 1.58 bits per heavy atom. The van der Waals surface area contributed by atoms with Crippen LogP contribution in [0.5, 0.6) is 0 Å². The zero-order valence-corrected chi connectivity index (χ0v) is 11.2. The van der Waals surface area contributed by atoms with Crippen LogP contribution < -0.4 is 16.0 Å². The maximum absolute atomic E-state index is 14.1. The number of rotatable bonds is 4. The second kappa shape index (κ2) is 6.02. The minimum atomic E-state index is -0.604. The van der Waals surface area contributed by atoms with Crippen LogP contribution in [0.4, 0.5) is 10.1 Å². The van der Waals surface area contributed by atoms with Crippen LogP contribution in [0.3, 0.4) is 0 Å². The number of hydrogen-bond donors (Lipinski definition) is 2. The predicted octanol–water partition coefficient (Wildman–Crippen LogP) is 1.50. The van der Waals surface area contributed by atoms with E-state index in [4.69, 9.17) is 5.73 Å². The molecule has 1 aromatic carbocycles. The van der Waals surface area contributed by atoms with E-state index in [2.05, 4.69) is 5.32 Å². The highest BCUT2D eigenvalue weighted by Crippen LogP contribution is 2.24. The van der Waals surface area contributed by atoms with Crippen molar-refractivity contribution in [2.45, 2.75) is 25.8 Å². The highest BCUT2D eigenvalue weighted by molar-refractivity contribution is 5.93. The number of carbonyl (C=O) groups is 1. The summed E-state index contributed by atoms with van der Waals surface area (Å²) in [5, 5.41) is 3.33. The van der Waals surface area contributed by atoms with Crippen LogP contribution in [0.1, 0.15) is 30.1 Å². The molecule has 2 rings (SSSR count). The Kier molecular flexibility index (Phi) is 4.37. The minimum Gasteiger partial charge on any atom is -0.366 e. The molecule has 0 aliphatic carbocycles. The van der Waals surface area contributed by atoms with Crippen LogP contribution >= 0.6 is 0 Å². The molecule has 19 heavy (non-hydrogen) atoms. The largest absolute Gasteiger partial charge is 0.366 e. The lowest BCUT2D eigenvalue weighted by molar-refractivity contribution is 0.1000. The molecule has 4 nitrogen and oxygen atoms in total. The van der Waals surface area contributed by atoms with Crippen LogP contribution in [0, 0.1) is 5.82 Å². The Balaban J connectivity index is 2.24. The molecule has 1 saturated heterocycles. The van der Waals surface area contributed by atoms with Gasteiger partial charge in [-0.1, -0.05) is 0 Å². The van der Waals surface area contributed by atoms with Gasteiger partial charge >= 0.3 is 0 Å². The topological polar surface area (TPSA) is 58.4 Å². The van der Waals surface area contributed by atoms with Gasteiger partial charge in [-0.3, -0.25) is 4.79 Å². The number of hydrogen-bond acceptors (Lipinski definition) is 3. The first-order valence-electron chi connectivity index (χ1n) is 6.70. The van der Waals surface area contributed by atoms with Gasteiger partial charge in [-0.15, -0.1) is 0 Å². The van der Waals surface area contributed by atoms with Crippen molar-refractivity contribution in [3.05, 3.63) is 29.6 Å². The van der Waals surface area contributed by atoms with Gasteiger partial charge in [-0.05, 0) is 44.5 Å². The molecule has 5 heteroatoms. The number of amides is 1. The highest BCUT2D eigenvalue weighted by Gasteiger charge is 2.22. The zero-order chi connectivity index (χ0) is 13.8. The average Bonchev–Trinajstić information content (AvgIpc) is 2.42. The van der Waals surface area contributed by atoms with E-state index < -0.39 is 5.91 Å². The van der Waals surface area contributed by atoms with Gasteiger partial charge in [0.15, 0.2) is 0 Å². The fraction of sp³-hybridized carbons (Fsp3) is 0.500. The van der Waals surface area contributed by atoms with Gasteiger partial charge < -0.3 is 16.0 Å². The van der Waals surface area contributed by atoms with Gasteiger partial charge in [0, 0.05) is 24.7 Å². The first-order valence-corrected chi connectivity index (χ1v) is 6.70. The second-order valence-electron chi connectivity index (χ2n) is 4.82. The summed E-state index contributed by atoms with van der Waals surface area (Å²) >= 11 is 0. The molecule has 1 aliphatic heterocycles. The van der Waals surface area contributed by atoms with Crippen molar-refractivity contribution in [3.8, 4) is 0 Å². The summed E-state index contributed by atoms with van der Waals surface area (Å²) in [7, 11) is 0. The summed E-state index contributed by atoms with van der Waals surface area (Å²) in [6, 6.07) is 4.75. The van der Waals surface area contributed by atoms with Gasteiger partial charge in [0.1, 0.15) is 5.82 Å². The maximum atomic E-state index is 14.1. The summed E-state index contributed by atoms with van der Waals surface area (Å²) in [5.74, 6) is -0.989.